The summed E-state index contributed by atoms with van der Waals surface area (Å²) in [5, 5.41) is 0. The molecular weight excluding hydrogens is 278 g/mol. The molecule has 0 spiro atoms. The predicted octanol–water partition coefficient (Wildman–Crippen LogP) is 3.68. The minimum Gasteiger partial charge on any atom is -0.326 e. The first kappa shape index (κ1) is 14.7. The molecule has 3 unspecified atom stereocenters. The maximum absolute atomic E-state index is 6.35. The lowest BCUT2D eigenvalue weighted by Gasteiger charge is -2.35. The third kappa shape index (κ3) is 3.03. The van der Waals surface area contributed by atoms with E-state index in [2.05, 4.69) is 48.0 Å². The van der Waals surface area contributed by atoms with Gasteiger partial charge in [0.2, 0.25) is 0 Å². The standard InChI is InChI=1S/C17H23N3S/c1-12-5-6-16(21-12)17(13(2)18)20-11-3-4-15(20)14-7-9-19-10-8-14/h5-10,13,15,17H,3-4,11,18H2,1-2H3. The molecule has 3 atom stereocenters. The summed E-state index contributed by atoms with van der Waals surface area (Å²) < 4.78 is 0. The Kier molecular flexibility index (Phi) is 4.38. The minimum absolute atomic E-state index is 0.130. The van der Waals surface area contributed by atoms with Gasteiger partial charge in [-0.1, -0.05) is 0 Å². The van der Waals surface area contributed by atoms with E-state index in [0.29, 0.717) is 12.1 Å². The van der Waals surface area contributed by atoms with E-state index < -0.39 is 0 Å². The number of aryl methyl sites for hydroxylation is 1. The first-order chi connectivity index (χ1) is 10.2. The van der Waals surface area contributed by atoms with Crippen molar-refractivity contribution in [1.82, 2.24) is 9.88 Å². The molecule has 2 N–H and O–H groups in total. The van der Waals surface area contributed by atoms with Crippen molar-refractivity contribution in [3.05, 3.63) is 52.0 Å². The lowest BCUT2D eigenvalue weighted by Crippen LogP contribution is -2.38. The van der Waals surface area contributed by atoms with Gasteiger partial charge in [0.25, 0.3) is 0 Å². The molecule has 2 aromatic heterocycles. The maximum atomic E-state index is 6.35. The molecule has 0 amide bonds. The van der Waals surface area contributed by atoms with Gasteiger partial charge >= 0.3 is 0 Å². The van der Waals surface area contributed by atoms with Crippen LogP contribution in [0.5, 0.6) is 0 Å². The SMILES string of the molecule is Cc1ccc(C(C(C)N)N2CCCC2c2ccncc2)s1. The zero-order valence-corrected chi connectivity index (χ0v) is 13.5. The van der Waals surface area contributed by atoms with Crippen LogP contribution in [0.2, 0.25) is 0 Å². The molecule has 1 aliphatic rings. The average Bonchev–Trinajstić information content (AvgIpc) is 3.10. The molecule has 3 heterocycles. The largest absolute Gasteiger partial charge is 0.326 e. The molecule has 21 heavy (non-hydrogen) atoms. The summed E-state index contributed by atoms with van der Waals surface area (Å²) in [5.41, 5.74) is 7.71. The van der Waals surface area contributed by atoms with E-state index in [9.17, 15) is 0 Å². The Morgan fingerprint density at radius 3 is 2.67 bits per heavy atom. The highest BCUT2D eigenvalue weighted by Gasteiger charge is 2.35. The Hall–Kier alpha value is -1.23. The van der Waals surface area contributed by atoms with Gasteiger partial charge in [0.05, 0.1) is 6.04 Å². The number of pyridine rings is 1. The summed E-state index contributed by atoms with van der Waals surface area (Å²) in [7, 11) is 0. The van der Waals surface area contributed by atoms with Crippen molar-refractivity contribution >= 4 is 11.3 Å². The summed E-state index contributed by atoms with van der Waals surface area (Å²) in [5.74, 6) is 0. The average molecular weight is 301 g/mol. The third-order valence-corrected chi connectivity index (χ3v) is 5.36. The van der Waals surface area contributed by atoms with E-state index in [1.807, 2.05) is 23.7 Å². The van der Waals surface area contributed by atoms with Crippen LogP contribution < -0.4 is 5.73 Å². The van der Waals surface area contributed by atoms with Gasteiger partial charge in [-0.3, -0.25) is 9.88 Å². The smallest absolute Gasteiger partial charge is 0.0596 e. The van der Waals surface area contributed by atoms with Gasteiger partial charge in [-0.25, -0.2) is 0 Å². The van der Waals surface area contributed by atoms with Crippen LogP contribution in [0.15, 0.2) is 36.7 Å². The number of thiophene rings is 1. The van der Waals surface area contributed by atoms with Crippen LogP contribution in [0.25, 0.3) is 0 Å². The molecule has 0 radical (unpaired) electrons. The summed E-state index contributed by atoms with van der Waals surface area (Å²) in [6.07, 6.45) is 6.22. The fourth-order valence-electron chi connectivity index (χ4n) is 3.40. The summed E-state index contributed by atoms with van der Waals surface area (Å²) >= 11 is 1.87. The van der Waals surface area contributed by atoms with Crippen LogP contribution in [0, 0.1) is 6.92 Å². The number of rotatable bonds is 4. The molecule has 2 aromatic rings. The van der Waals surface area contributed by atoms with E-state index in [1.165, 1.54) is 28.2 Å². The van der Waals surface area contributed by atoms with Gasteiger partial charge in [-0.05, 0) is 63.1 Å². The van der Waals surface area contributed by atoms with Crippen molar-refractivity contribution in [1.29, 1.82) is 0 Å². The highest BCUT2D eigenvalue weighted by atomic mass is 32.1. The predicted molar refractivity (Wildman–Crippen MR) is 88.4 cm³/mol. The number of hydrogen-bond acceptors (Lipinski definition) is 4. The van der Waals surface area contributed by atoms with Gasteiger partial charge in [0.15, 0.2) is 0 Å². The molecule has 1 aliphatic heterocycles. The normalized spacial score (nSPS) is 22.3. The fourth-order valence-corrected chi connectivity index (χ4v) is 4.52. The van der Waals surface area contributed by atoms with Crippen LogP contribution in [0.3, 0.4) is 0 Å². The number of nitrogens with two attached hydrogens (primary N) is 1. The first-order valence-corrected chi connectivity index (χ1v) is 8.46. The van der Waals surface area contributed by atoms with E-state index >= 15 is 0 Å². The van der Waals surface area contributed by atoms with Crippen molar-refractivity contribution in [2.75, 3.05) is 6.54 Å². The second-order valence-corrected chi connectivity index (χ2v) is 7.25. The summed E-state index contributed by atoms with van der Waals surface area (Å²) in [4.78, 5) is 9.48. The zero-order valence-electron chi connectivity index (χ0n) is 12.7. The van der Waals surface area contributed by atoms with Gasteiger partial charge in [0.1, 0.15) is 0 Å². The lowest BCUT2D eigenvalue weighted by molar-refractivity contribution is 0.163. The Labute approximate surface area is 130 Å². The molecule has 0 aromatic carbocycles. The fraction of sp³-hybridized carbons (Fsp3) is 0.471. The number of likely N-dealkylation sites (tertiary alicyclic amines) is 1. The van der Waals surface area contributed by atoms with Crippen molar-refractivity contribution < 1.29 is 0 Å². The van der Waals surface area contributed by atoms with E-state index in [-0.39, 0.29) is 6.04 Å². The molecule has 4 heteroatoms. The number of hydrogen-bond donors (Lipinski definition) is 1. The molecule has 1 fully saturated rings. The zero-order chi connectivity index (χ0) is 14.8. The second-order valence-electron chi connectivity index (χ2n) is 5.93. The van der Waals surface area contributed by atoms with Crippen molar-refractivity contribution in [3.8, 4) is 0 Å². The Bertz CT molecular complexity index is 579. The third-order valence-electron chi connectivity index (χ3n) is 4.29. The molecule has 112 valence electrons. The van der Waals surface area contributed by atoms with Crippen molar-refractivity contribution in [3.63, 3.8) is 0 Å². The van der Waals surface area contributed by atoms with Crippen LogP contribution in [0.4, 0.5) is 0 Å². The molecule has 0 saturated carbocycles. The van der Waals surface area contributed by atoms with E-state index in [1.54, 1.807) is 0 Å². The van der Waals surface area contributed by atoms with Crippen LogP contribution in [-0.2, 0) is 0 Å². The Morgan fingerprint density at radius 1 is 1.29 bits per heavy atom. The number of aromatic nitrogens is 1. The van der Waals surface area contributed by atoms with E-state index in [4.69, 9.17) is 5.73 Å². The molecule has 1 saturated heterocycles. The Balaban J connectivity index is 1.91. The van der Waals surface area contributed by atoms with Gasteiger partial charge in [-0.15, -0.1) is 11.3 Å². The summed E-state index contributed by atoms with van der Waals surface area (Å²) in [6.45, 7) is 5.41. The van der Waals surface area contributed by atoms with Gasteiger partial charge in [0, 0.05) is 34.2 Å². The van der Waals surface area contributed by atoms with Gasteiger partial charge in [-0.2, -0.15) is 0 Å². The van der Waals surface area contributed by atoms with E-state index in [0.717, 1.165) is 6.54 Å². The topological polar surface area (TPSA) is 42.1 Å². The van der Waals surface area contributed by atoms with Gasteiger partial charge < -0.3 is 5.73 Å². The number of nitrogens with zero attached hydrogens (tertiary/aromatic N) is 2. The van der Waals surface area contributed by atoms with Crippen molar-refractivity contribution in [2.24, 2.45) is 5.73 Å². The Morgan fingerprint density at radius 2 is 2.05 bits per heavy atom. The van der Waals surface area contributed by atoms with Crippen LogP contribution in [-0.4, -0.2) is 22.5 Å². The summed E-state index contributed by atoms with van der Waals surface area (Å²) in [6, 6.07) is 9.63. The first-order valence-electron chi connectivity index (χ1n) is 7.64. The van der Waals surface area contributed by atoms with Crippen LogP contribution in [0.1, 0.15) is 47.2 Å². The lowest BCUT2D eigenvalue weighted by atomic mass is 10.0. The highest BCUT2D eigenvalue weighted by Crippen LogP contribution is 2.41. The second kappa shape index (κ2) is 6.26. The molecule has 3 nitrogen and oxygen atoms in total. The highest BCUT2D eigenvalue weighted by molar-refractivity contribution is 7.12. The maximum Gasteiger partial charge on any atom is 0.0596 e. The minimum atomic E-state index is 0.130. The molecule has 0 bridgehead atoms. The molecule has 0 aliphatic carbocycles. The monoisotopic (exact) mass is 301 g/mol. The van der Waals surface area contributed by atoms with Crippen LogP contribution >= 0.6 is 11.3 Å². The molecular formula is C17H23N3S. The van der Waals surface area contributed by atoms with Crippen molar-refractivity contribution in [2.45, 2.75) is 44.8 Å². The molecule has 3 rings (SSSR count). The quantitative estimate of drug-likeness (QED) is 0.936.